The molecule has 1 aliphatic rings. The first-order valence-electron chi connectivity index (χ1n) is 6.40. The molecule has 1 fully saturated rings. The van der Waals surface area contributed by atoms with E-state index in [0.717, 1.165) is 0 Å². The minimum Gasteiger partial charge on any atom is -0.486 e. The molecule has 19 heavy (non-hydrogen) atoms. The largest absolute Gasteiger partial charge is 0.486 e. The molecule has 0 saturated carbocycles. The predicted molar refractivity (Wildman–Crippen MR) is 72.5 cm³/mol. The van der Waals surface area contributed by atoms with Crippen LogP contribution in [0.3, 0.4) is 0 Å². The van der Waals surface area contributed by atoms with Crippen molar-refractivity contribution in [1.82, 2.24) is 4.31 Å². The fraction of sp³-hybridized carbons (Fsp3) is 0.538. The predicted octanol–water partition coefficient (Wildman–Crippen LogP) is 0.850. The zero-order valence-electron chi connectivity index (χ0n) is 10.9. The molecule has 1 N–H and O–H groups in total. The Labute approximate surface area is 113 Å². The summed E-state index contributed by atoms with van der Waals surface area (Å²) in [7, 11) is -3.27. The van der Waals surface area contributed by atoms with Crippen LogP contribution < -0.4 is 4.74 Å². The van der Waals surface area contributed by atoms with Gasteiger partial charge in [0.15, 0.2) is 0 Å². The van der Waals surface area contributed by atoms with E-state index in [1.54, 1.807) is 12.1 Å². The van der Waals surface area contributed by atoms with Crippen molar-refractivity contribution in [3.63, 3.8) is 0 Å². The maximum absolute atomic E-state index is 11.9. The molecule has 1 aromatic carbocycles. The quantitative estimate of drug-likeness (QED) is 0.871. The van der Waals surface area contributed by atoms with Gasteiger partial charge in [-0.3, -0.25) is 0 Å². The minimum atomic E-state index is -3.27. The maximum atomic E-state index is 11.9. The van der Waals surface area contributed by atoms with E-state index in [0.29, 0.717) is 12.2 Å². The van der Waals surface area contributed by atoms with Crippen molar-refractivity contribution in [2.24, 2.45) is 0 Å². The van der Waals surface area contributed by atoms with Crippen molar-refractivity contribution in [2.75, 3.05) is 18.8 Å². The topological polar surface area (TPSA) is 66.8 Å². The number of benzene rings is 1. The van der Waals surface area contributed by atoms with E-state index in [4.69, 9.17) is 4.74 Å². The monoisotopic (exact) mass is 285 g/mol. The second-order valence-corrected chi connectivity index (χ2v) is 6.76. The standard InChI is InChI=1S/C13H19NO4S/c1-2-8-19(16,17)14-9-12(15)13(10-14)18-11-6-4-3-5-7-11/h3-7,12-13,15H,2,8-10H2,1H3/t12-,13-/m1/s1. The van der Waals surface area contributed by atoms with Gasteiger partial charge in [-0.25, -0.2) is 8.42 Å². The smallest absolute Gasteiger partial charge is 0.214 e. The molecule has 0 radical (unpaired) electrons. The SMILES string of the molecule is CCCS(=O)(=O)N1C[C@@H](O)[C@H](Oc2ccccc2)C1. The summed E-state index contributed by atoms with van der Waals surface area (Å²) in [6.07, 6.45) is -0.722. The molecule has 0 spiro atoms. The van der Waals surface area contributed by atoms with E-state index in [1.165, 1.54) is 4.31 Å². The average molecular weight is 285 g/mol. The fourth-order valence-corrected chi connectivity index (χ4v) is 3.65. The van der Waals surface area contributed by atoms with E-state index in [-0.39, 0.29) is 18.8 Å². The van der Waals surface area contributed by atoms with Crippen LogP contribution >= 0.6 is 0 Å². The lowest BCUT2D eigenvalue weighted by Gasteiger charge is -2.17. The first-order chi connectivity index (χ1) is 9.03. The zero-order chi connectivity index (χ0) is 13.9. The van der Waals surface area contributed by atoms with E-state index in [2.05, 4.69) is 0 Å². The molecular formula is C13H19NO4S. The van der Waals surface area contributed by atoms with Crippen LogP contribution in [0.4, 0.5) is 0 Å². The summed E-state index contributed by atoms with van der Waals surface area (Å²) in [5, 5.41) is 9.92. The maximum Gasteiger partial charge on any atom is 0.214 e. The summed E-state index contributed by atoms with van der Waals surface area (Å²) in [5.41, 5.74) is 0. The highest BCUT2D eigenvalue weighted by molar-refractivity contribution is 7.89. The number of hydrogen-bond donors (Lipinski definition) is 1. The number of β-amino-alcohol motifs (C(OH)–C–C–N with tert-alkyl or cyclic N) is 1. The molecule has 1 aliphatic heterocycles. The van der Waals surface area contributed by atoms with Crippen LogP contribution in [0.25, 0.3) is 0 Å². The Kier molecular flexibility index (Phi) is 4.44. The lowest BCUT2D eigenvalue weighted by atomic mass is 10.2. The van der Waals surface area contributed by atoms with Crippen LogP contribution in [0.2, 0.25) is 0 Å². The van der Waals surface area contributed by atoms with Gasteiger partial charge in [0.05, 0.1) is 12.3 Å². The number of rotatable bonds is 5. The number of para-hydroxylation sites is 1. The molecule has 0 unspecified atom stereocenters. The molecule has 0 aliphatic carbocycles. The second-order valence-electron chi connectivity index (χ2n) is 4.67. The van der Waals surface area contributed by atoms with Gasteiger partial charge in [-0.05, 0) is 18.6 Å². The molecule has 0 amide bonds. The van der Waals surface area contributed by atoms with E-state index in [1.807, 2.05) is 25.1 Å². The number of hydrogen-bond acceptors (Lipinski definition) is 4. The van der Waals surface area contributed by atoms with Gasteiger partial charge in [0.2, 0.25) is 10.0 Å². The highest BCUT2D eigenvalue weighted by Gasteiger charge is 2.38. The number of nitrogens with zero attached hydrogens (tertiary/aromatic N) is 1. The van der Waals surface area contributed by atoms with Crippen molar-refractivity contribution in [2.45, 2.75) is 25.6 Å². The molecule has 0 bridgehead atoms. The highest BCUT2D eigenvalue weighted by atomic mass is 32.2. The van der Waals surface area contributed by atoms with Crippen molar-refractivity contribution in [1.29, 1.82) is 0 Å². The molecule has 1 aromatic rings. The number of aliphatic hydroxyl groups excluding tert-OH is 1. The summed E-state index contributed by atoms with van der Waals surface area (Å²) in [5.74, 6) is 0.749. The molecule has 1 saturated heterocycles. The molecule has 2 rings (SSSR count). The Morgan fingerprint density at radius 2 is 2.00 bits per heavy atom. The molecule has 2 atom stereocenters. The van der Waals surface area contributed by atoms with Crippen LogP contribution in [-0.4, -0.2) is 48.9 Å². The van der Waals surface area contributed by atoms with Crippen molar-refractivity contribution in [3.8, 4) is 5.75 Å². The lowest BCUT2D eigenvalue weighted by Crippen LogP contribution is -2.32. The Morgan fingerprint density at radius 1 is 1.32 bits per heavy atom. The van der Waals surface area contributed by atoms with Gasteiger partial charge < -0.3 is 9.84 Å². The molecular weight excluding hydrogens is 266 g/mol. The molecule has 6 heteroatoms. The summed E-state index contributed by atoms with van der Waals surface area (Å²) < 4.78 is 30.8. The summed E-state index contributed by atoms with van der Waals surface area (Å²) in [6.45, 7) is 2.14. The zero-order valence-corrected chi connectivity index (χ0v) is 11.7. The molecule has 1 heterocycles. The van der Waals surface area contributed by atoms with Gasteiger partial charge in [0.25, 0.3) is 0 Å². The average Bonchev–Trinajstić information content (AvgIpc) is 2.73. The van der Waals surface area contributed by atoms with Crippen molar-refractivity contribution in [3.05, 3.63) is 30.3 Å². The van der Waals surface area contributed by atoms with E-state index in [9.17, 15) is 13.5 Å². The third-order valence-corrected chi connectivity index (χ3v) is 5.10. The molecule has 106 valence electrons. The fourth-order valence-electron chi connectivity index (χ4n) is 2.13. The minimum absolute atomic E-state index is 0.109. The number of ether oxygens (including phenoxy) is 1. The second kappa shape index (κ2) is 5.90. The normalized spacial score (nSPS) is 24.5. The van der Waals surface area contributed by atoms with Gasteiger partial charge in [-0.1, -0.05) is 25.1 Å². The summed E-state index contributed by atoms with van der Waals surface area (Å²) in [4.78, 5) is 0. The summed E-state index contributed by atoms with van der Waals surface area (Å²) >= 11 is 0. The Bertz CT molecular complexity index is 503. The van der Waals surface area contributed by atoms with Crippen LogP contribution in [-0.2, 0) is 10.0 Å². The third-order valence-electron chi connectivity index (χ3n) is 3.09. The third kappa shape index (κ3) is 3.46. The van der Waals surface area contributed by atoms with Crippen LogP contribution in [0, 0.1) is 0 Å². The van der Waals surface area contributed by atoms with Gasteiger partial charge in [0, 0.05) is 6.54 Å². The summed E-state index contributed by atoms with van der Waals surface area (Å²) in [6, 6.07) is 9.12. The van der Waals surface area contributed by atoms with Crippen LogP contribution in [0.15, 0.2) is 30.3 Å². The Balaban J connectivity index is 2.02. The van der Waals surface area contributed by atoms with Crippen LogP contribution in [0.5, 0.6) is 5.75 Å². The van der Waals surface area contributed by atoms with Crippen molar-refractivity contribution >= 4 is 10.0 Å². The lowest BCUT2D eigenvalue weighted by molar-refractivity contribution is 0.0737. The van der Waals surface area contributed by atoms with Gasteiger partial charge in [-0.2, -0.15) is 4.31 Å². The highest BCUT2D eigenvalue weighted by Crippen LogP contribution is 2.21. The van der Waals surface area contributed by atoms with Gasteiger partial charge in [-0.15, -0.1) is 0 Å². The van der Waals surface area contributed by atoms with E-state index < -0.39 is 22.2 Å². The molecule has 0 aromatic heterocycles. The first-order valence-corrected chi connectivity index (χ1v) is 8.01. The van der Waals surface area contributed by atoms with E-state index >= 15 is 0 Å². The molecule has 5 nitrogen and oxygen atoms in total. The van der Waals surface area contributed by atoms with Gasteiger partial charge in [0.1, 0.15) is 18.0 Å². The Morgan fingerprint density at radius 3 is 2.63 bits per heavy atom. The number of sulfonamides is 1. The van der Waals surface area contributed by atoms with Crippen LogP contribution in [0.1, 0.15) is 13.3 Å². The van der Waals surface area contributed by atoms with Gasteiger partial charge >= 0.3 is 0 Å². The Hall–Kier alpha value is -1.11. The number of aliphatic hydroxyl groups is 1. The van der Waals surface area contributed by atoms with Crippen molar-refractivity contribution < 1.29 is 18.3 Å². The first kappa shape index (κ1) is 14.3.